The van der Waals surface area contributed by atoms with E-state index in [2.05, 4.69) is 55.2 Å². The van der Waals surface area contributed by atoms with E-state index in [-0.39, 0.29) is 5.82 Å². The molecule has 4 heterocycles. The quantitative estimate of drug-likeness (QED) is 0.210. The molecule has 0 saturated heterocycles. The lowest BCUT2D eigenvalue weighted by atomic mass is 10.0. The summed E-state index contributed by atoms with van der Waals surface area (Å²) in [4.78, 5) is 12.4. The monoisotopic (exact) mass is 514 g/mol. The highest BCUT2D eigenvalue weighted by molar-refractivity contribution is 6.01. The zero-order valence-corrected chi connectivity index (χ0v) is 21.3. The van der Waals surface area contributed by atoms with Crippen molar-refractivity contribution < 1.29 is 4.39 Å². The summed E-state index contributed by atoms with van der Waals surface area (Å²) in [6.07, 6.45) is 10.4. The van der Waals surface area contributed by atoms with Crippen molar-refractivity contribution in [3.05, 3.63) is 97.3 Å². The summed E-state index contributed by atoms with van der Waals surface area (Å²) in [5.74, 6) is 0.233. The minimum absolute atomic E-state index is 0.299. The molecule has 0 atom stereocenters. The summed E-state index contributed by atoms with van der Waals surface area (Å²) < 4.78 is 14.6. The lowest BCUT2D eigenvalue weighted by Crippen LogP contribution is -2.07. The molecule has 1 aliphatic carbocycles. The third kappa shape index (κ3) is 4.26. The van der Waals surface area contributed by atoms with Crippen molar-refractivity contribution in [3.63, 3.8) is 0 Å². The van der Waals surface area contributed by atoms with Crippen LogP contribution in [0.5, 0.6) is 0 Å². The molecule has 0 aliphatic heterocycles. The molecule has 6 aromatic rings. The highest BCUT2D eigenvalue weighted by atomic mass is 19.1. The second-order valence-electron chi connectivity index (χ2n) is 10.2. The third-order valence-corrected chi connectivity index (χ3v) is 7.72. The van der Waals surface area contributed by atoms with Crippen LogP contribution in [-0.2, 0) is 0 Å². The van der Waals surface area contributed by atoms with Crippen molar-refractivity contribution in [2.75, 3.05) is 5.32 Å². The maximum Gasteiger partial charge on any atom is 0.132 e. The van der Waals surface area contributed by atoms with E-state index in [1.54, 1.807) is 18.3 Å². The molecular weight excluding hydrogens is 487 g/mol. The highest BCUT2D eigenvalue weighted by Crippen LogP contribution is 2.36. The van der Waals surface area contributed by atoms with Gasteiger partial charge in [-0.25, -0.2) is 4.39 Å². The Balaban J connectivity index is 1.25. The van der Waals surface area contributed by atoms with Gasteiger partial charge in [0.05, 0.1) is 28.8 Å². The minimum Gasteiger partial charge on any atom is -0.358 e. The summed E-state index contributed by atoms with van der Waals surface area (Å²) in [5, 5.41) is 13.1. The normalized spacial score (nSPS) is 13.9. The summed E-state index contributed by atoms with van der Waals surface area (Å²) in [6, 6.07) is 18.9. The van der Waals surface area contributed by atoms with Gasteiger partial charge in [-0.3, -0.25) is 15.1 Å². The van der Waals surface area contributed by atoms with Crippen LogP contribution in [0.25, 0.3) is 55.6 Å². The molecule has 0 amide bonds. The number of benzene rings is 2. The molecule has 1 fully saturated rings. The number of fused-ring (bicyclic) bond motifs is 2. The fourth-order valence-electron chi connectivity index (χ4n) is 5.68. The maximum atomic E-state index is 14.6. The molecule has 2 aromatic carbocycles. The van der Waals surface area contributed by atoms with Crippen LogP contribution in [-0.4, -0.2) is 25.1 Å². The molecule has 192 valence electrons. The Kier molecular flexibility index (Phi) is 5.69. The van der Waals surface area contributed by atoms with E-state index < -0.39 is 0 Å². The van der Waals surface area contributed by atoms with Gasteiger partial charge in [0.2, 0.25) is 0 Å². The number of rotatable bonds is 6. The predicted octanol–water partition coefficient (Wildman–Crippen LogP) is 8.09. The second kappa shape index (κ2) is 9.51. The molecule has 1 aliphatic rings. The number of hydrogen-bond acceptors (Lipinski definition) is 4. The van der Waals surface area contributed by atoms with Gasteiger partial charge in [-0.15, -0.1) is 0 Å². The number of aromatic amines is 2. The molecule has 0 bridgehead atoms. The van der Waals surface area contributed by atoms with E-state index >= 15 is 0 Å². The average Bonchev–Trinajstić information content (AvgIpc) is 3.73. The Hall–Kier alpha value is -4.78. The SMILES string of the molecule is C=C(Nc1cncc(-c2ccc3[nH]nc(-c4cc5c(-c6ccccc6F)nccc5[nH]4)c3c2)c1)C1CCCC1. The summed E-state index contributed by atoms with van der Waals surface area (Å²) in [5.41, 5.74) is 8.56. The Morgan fingerprint density at radius 2 is 1.74 bits per heavy atom. The predicted molar refractivity (Wildman–Crippen MR) is 155 cm³/mol. The van der Waals surface area contributed by atoms with Crippen molar-refractivity contribution in [1.29, 1.82) is 0 Å². The molecule has 7 heteroatoms. The average molecular weight is 515 g/mol. The molecule has 6 nitrogen and oxygen atoms in total. The lowest BCUT2D eigenvalue weighted by Gasteiger charge is -2.16. The number of allylic oxidation sites excluding steroid dienone is 1. The Bertz CT molecular complexity index is 1840. The fraction of sp³-hybridized carbons (Fsp3) is 0.156. The van der Waals surface area contributed by atoms with Gasteiger partial charge in [0.15, 0.2) is 0 Å². The van der Waals surface area contributed by atoms with Crippen molar-refractivity contribution in [2.45, 2.75) is 25.7 Å². The minimum atomic E-state index is -0.299. The van der Waals surface area contributed by atoms with Crippen molar-refractivity contribution in [3.8, 4) is 33.8 Å². The van der Waals surface area contributed by atoms with E-state index in [9.17, 15) is 4.39 Å². The number of halogens is 1. The first-order valence-electron chi connectivity index (χ1n) is 13.3. The van der Waals surface area contributed by atoms with Gasteiger partial charge in [0.25, 0.3) is 0 Å². The van der Waals surface area contributed by atoms with Crippen LogP contribution in [0.4, 0.5) is 10.1 Å². The maximum absolute atomic E-state index is 14.6. The van der Waals surface area contributed by atoms with Gasteiger partial charge < -0.3 is 10.3 Å². The highest BCUT2D eigenvalue weighted by Gasteiger charge is 2.19. The van der Waals surface area contributed by atoms with Crippen LogP contribution in [0.1, 0.15) is 25.7 Å². The number of nitrogens with one attached hydrogen (secondary N) is 3. The standard InChI is InChI=1S/C32H27FN6/c1-19(20-6-2-3-7-20)36-23-14-22(17-34-18-23)21-10-11-29-25(15-21)32(39-38-29)30-16-26-28(37-30)12-13-35-31(26)24-8-4-5-9-27(24)33/h4-5,8-18,20,36-37H,1-3,6-7H2,(H,38,39). The Morgan fingerprint density at radius 3 is 2.62 bits per heavy atom. The van der Waals surface area contributed by atoms with Crippen molar-refractivity contribution >= 4 is 27.5 Å². The summed E-state index contributed by atoms with van der Waals surface area (Å²) in [6.45, 7) is 4.28. The number of nitrogens with zero attached hydrogens (tertiary/aromatic N) is 3. The van der Waals surface area contributed by atoms with E-state index in [0.717, 1.165) is 55.7 Å². The van der Waals surface area contributed by atoms with E-state index in [4.69, 9.17) is 0 Å². The smallest absolute Gasteiger partial charge is 0.132 e. The first kappa shape index (κ1) is 23.3. The molecular formula is C32H27FN6. The van der Waals surface area contributed by atoms with Gasteiger partial charge in [-0.05, 0) is 66.8 Å². The van der Waals surface area contributed by atoms with Crippen LogP contribution in [0.2, 0.25) is 0 Å². The fourth-order valence-corrected chi connectivity index (χ4v) is 5.68. The van der Waals surface area contributed by atoms with E-state index in [1.807, 2.05) is 36.7 Å². The van der Waals surface area contributed by atoms with Gasteiger partial charge in [-0.2, -0.15) is 5.10 Å². The van der Waals surface area contributed by atoms with Crippen molar-refractivity contribution in [1.82, 2.24) is 25.1 Å². The Morgan fingerprint density at radius 1 is 0.897 bits per heavy atom. The topological polar surface area (TPSA) is 82.3 Å². The van der Waals surface area contributed by atoms with E-state index in [0.29, 0.717) is 17.2 Å². The Labute approximate surface area is 225 Å². The first-order valence-corrected chi connectivity index (χ1v) is 13.3. The number of H-pyrrole nitrogens is 2. The molecule has 0 unspecified atom stereocenters. The summed E-state index contributed by atoms with van der Waals surface area (Å²) in [7, 11) is 0. The zero-order chi connectivity index (χ0) is 26.3. The summed E-state index contributed by atoms with van der Waals surface area (Å²) >= 11 is 0. The van der Waals surface area contributed by atoms with Gasteiger partial charge in [0, 0.05) is 45.5 Å². The van der Waals surface area contributed by atoms with Crippen LogP contribution in [0.15, 0.2) is 91.5 Å². The zero-order valence-electron chi connectivity index (χ0n) is 21.3. The van der Waals surface area contributed by atoms with E-state index in [1.165, 1.54) is 31.7 Å². The first-order chi connectivity index (χ1) is 19.1. The second-order valence-corrected chi connectivity index (χ2v) is 10.2. The number of pyridine rings is 2. The lowest BCUT2D eigenvalue weighted by molar-refractivity contribution is 0.631. The molecule has 0 spiro atoms. The molecule has 1 saturated carbocycles. The van der Waals surface area contributed by atoms with Crippen molar-refractivity contribution in [2.24, 2.45) is 5.92 Å². The van der Waals surface area contributed by atoms with Crippen LogP contribution >= 0.6 is 0 Å². The van der Waals surface area contributed by atoms with Crippen LogP contribution < -0.4 is 5.32 Å². The van der Waals surface area contributed by atoms with Gasteiger partial charge >= 0.3 is 0 Å². The molecule has 7 rings (SSSR count). The number of anilines is 1. The molecule has 0 radical (unpaired) electrons. The van der Waals surface area contributed by atoms with Crippen LogP contribution in [0, 0.1) is 11.7 Å². The number of hydrogen-bond donors (Lipinski definition) is 3. The number of aromatic nitrogens is 5. The largest absolute Gasteiger partial charge is 0.358 e. The third-order valence-electron chi connectivity index (χ3n) is 7.72. The molecule has 4 aromatic heterocycles. The molecule has 39 heavy (non-hydrogen) atoms. The van der Waals surface area contributed by atoms with Crippen LogP contribution in [0.3, 0.4) is 0 Å². The van der Waals surface area contributed by atoms with Gasteiger partial charge in [-0.1, -0.05) is 37.6 Å². The van der Waals surface area contributed by atoms with Gasteiger partial charge in [0.1, 0.15) is 11.5 Å². The molecule has 3 N–H and O–H groups in total.